The average Bonchev–Trinajstić information content (AvgIpc) is 2.58. The summed E-state index contributed by atoms with van der Waals surface area (Å²) in [4.78, 5) is 11.8. The number of carbonyl (C=O) groups is 1. The van der Waals surface area contributed by atoms with Crippen LogP contribution in [0, 0.1) is 18.2 Å². The highest BCUT2D eigenvalue weighted by molar-refractivity contribution is 6.31. The van der Waals surface area contributed by atoms with Crippen LogP contribution < -0.4 is 9.47 Å². The summed E-state index contributed by atoms with van der Waals surface area (Å²) in [5.74, 6) is 1.98. The molecule has 0 bridgehead atoms. The number of esters is 1. The molecule has 0 spiro atoms. The highest BCUT2D eigenvalue weighted by atomic mass is 35.5. The Morgan fingerprint density at radius 1 is 1.25 bits per heavy atom. The molecule has 24 heavy (non-hydrogen) atoms. The molecule has 0 heterocycles. The number of carbonyl (C=O) groups excluding carboxylic acids is 1. The zero-order chi connectivity index (χ0) is 17.5. The Hall–Kier alpha value is -2.71. The molecule has 2 rings (SSSR count). The maximum atomic E-state index is 13.1. The summed E-state index contributed by atoms with van der Waals surface area (Å²) in [6.45, 7) is -0.0371. The highest BCUT2D eigenvalue weighted by Crippen LogP contribution is 2.30. The summed E-state index contributed by atoms with van der Waals surface area (Å²) in [5.41, 5.74) is 0.867. The largest absolute Gasteiger partial charge is 0.493 e. The Balaban J connectivity index is 2.18. The van der Waals surface area contributed by atoms with Gasteiger partial charge in [0.05, 0.1) is 17.7 Å². The zero-order valence-corrected chi connectivity index (χ0v) is 13.6. The van der Waals surface area contributed by atoms with E-state index in [2.05, 4.69) is 5.92 Å². The Morgan fingerprint density at radius 2 is 2.04 bits per heavy atom. The van der Waals surface area contributed by atoms with Crippen LogP contribution in [-0.4, -0.2) is 19.7 Å². The molecule has 0 aliphatic rings. The predicted octanol–water partition coefficient (Wildman–Crippen LogP) is 3.86. The zero-order valence-electron chi connectivity index (χ0n) is 12.8. The third-order valence-electron chi connectivity index (χ3n) is 3.08. The van der Waals surface area contributed by atoms with Crippen molar-refractivity contribution in [1.82, 2.24) is 0 Å². The number of methoxy groups -OCH3 is 1. The lowest BCUT2D eigenvalue weighted by molar-refractivity contribution is 0.0556. The van der Waals surface area contributed by atoms with Gasteiger partial charge < -0.3 is 14.2 Å². The van der Waals surface area contributed by atoms with Crippen LogP contribution in [0.1, 0.15) is 15.9 Å². The van der Waals surface area contributed by atoms with Crippen molar-refractivity contribution in [1.29, 1.82) is 0 Å². The fraction of sp³-hybridized carbons (Fsp3) is 0.167. The molecule has 6 heteroatoms. The molecule has 0 N–H and O–H groups in total. The molecular weight excluding hydrogens is 335 g/mol. The van der Waals surface area contributed by atoms with Crippen LogP contribution in [0.5, 0.6) is 11.5 Å². The first-order chi connectivity index (χ1) is 11.5. The van der Waals surface area contributed by atoms with Crippen molar-refractivity contribution in [3.05, 3.63) is 58.4 Å². The molecule has 0 fully saturated rings. The predicted molar refractivity (Wildman–Crippen MR) is 87.9 cm³/mol. The Labute approximate surface area is 144 Å². The summed E-state index contributed by atoms with van der Waals surface area (Å²) in [6, 6.07) is 8.61. The van der Waals surface area contributed by atoms with Crippen molar-refractivity contribution in [3.8, 4) is 23.8 Å². The van der Waals surface area contributed by atoms with Gasteiger partial charge in [0.25, 0.3) is 0 Å². The first-order valence-electron chi connectivity index (χ1n) is 6.90. The third-order valence-corrected chi connectivity index (χ3v) is 3.44. The van der Waals surface area contributed by atoms with Gasteiger partial charge in [-0.25, -0.2) is 9.18 Å². The van der Waals surface area contributed by atoms with E-state index in [1.54, 1.807) is 6.07 Å². The van der Waals surface area contributed by atoms with E-state index in [9.17, 15) is 9.18 Å². The average molecular weight is 349 g/mol. The number of terminal acetylenes is 1. The van der Waals surface area contributed by atoms with Crippen LogP contribution >= 0.6 is 11.6 Å². The van der Waals surface area contributed by atoms with Crippen molar-refractivity contribution in [2.75, 3.05) is 13.7 Å². The van der Waals surface area contributed by atoms with Crippen molar-refractivity contribution in [3.63, 3.8) is 0 Å². The molecule has 0 aromatic heterocycles. The van der Waals surface area contributed by atoms with E-state index < -0.39 is 11.8 Å². The van der Waals surface area contributed by atoms with E-state index in [0.29, 0.717) is 17.1 Å². The molecule has 0 saturated heterocycles. The van der Waals surface area contributed by atoms with Crippen molar-refractivity contribution < 1.29 is 23.4 Å². The minimum Gasteiger partial charge on any atom is -0.493 e. The summed E-state index contributed by atoms with van der Waals surface area (Å²) in [5, 5.41) is 0.249. The molecule has 2 aromatic rings. The van der Waals surface area contributed by atoms with E-state index in [1.807, 2.05) is 0 Å². The molecular formula is C18H14ClFO4. The van der Waals surface area contributed by atoms with E-state index in [-0.39, 0.29) is 23.8 Å². The van der Waals surface area contributed by atoms with Gasteiger partial charge in [-0.15, -0.1) is 6.42 Å². The van der Waals surface area contributed by atoms with Gasteiger partial charge >= 0.3 is 5.97 Å². The van der Waals surface area contributed by atoms with Crippen molar-refractivity contribution in [2.45, 2.75) is 6.61 Å². The molecule has 0 aliphatic carbocycles. The van der Waals surface area contributed by atoms with Crippen LogP contribution in [0.25, 0.3) is 0 Å². The maximum Gasteiger partial charge on any atom is 0.339 e. The number of hydrogen-bond acceptors (Lipinski definition) is 4. The van der Waals surface area contributed by atoms with Gasteiger partial charge in [-0.3, -0.25) is 0 Å². The lowest BCUT2D eigenvalue weighted by Gasteiger charge is -2.13. The topological polar surface area (TPSA) is 44.8 Å². The van der Waals surface area contributed by atoms with Gasteiger partial charge in [-0.05, 0) is 30.3 Å². The normalized spacial score (nSPS) is 9.92. The molecule has 0 aliphatic heterocycles. The van der Waals surface area contributed by atoms with Gasteiger partial charge in [0.1, 0.15) is 12.4 Å². The lowest BCUT2D eigenvalue weighted by Crippen LogP contribution is -2.06. The number of rotatable bonds is 6. The highest BCUT2D eigenvalue weighted by Gasteiger charge is 2.13. The molecule has 0 amide bonds. The quantitative estimate of drug-likeness (QED) is 0.587. The van der Waals surface area contributed by atoms with E-state index >= 15 is 0 Å². The Bertz CT molecular complexity index is 783. The number of ether oxygens (including phenoxy) is 3. The second kappa shape index (κ2) is 8.23. The number of hydrogen-bond donors (Lipinski definition) is 0. The van der Waals surface area contributed by atoms with Gasteiger partial charge in [0.2, 0.25) is 0 Å². The summed E-state index contributed by atoms with van der Waals surface area (Å²) in [6.07, 6.45) is 5.06. The maximum absolute atomic E-state index is 13.1. The Morgan fingerprint density at radius 3 is 2.71 bits per heavy atom. The lowest BCUT2D eigenvalue weighted by atomic mass is 10.2. The Kier molecular flexibility index (Phi) is 6.05. The molecule has 0 radical (unpaired) electrons. The van der Waals surface area contributed by atoms with E-state index in [4.69, 9.17) is 32.2 Å². The molecule has 4 nitrogen and oxygen atoms in total. The third kappa shape index (κ3) is 4.40. The van der Waals surface area contributed by atoms with Gasteiger partial charge in [-0.2, -0.15) is 0 Å². The van der Waals surface area contributed by atoms with Crippen LogP contribution in [0.2, 0.25) is 5.02 Å². The fourth-order valence-electron chi connectivity index (χ4n) is 1.90. The minimum atomic E-state index is -0.569. The number of benzene rings is 2. The first kappa shape index (κ1) is 17.6. The fourth-order valence-corrected chi connectivity index (χ4v) is 2.12. The molecule has 2 aromatic carbocycles. The van der Waals surface area contributed by atoms with Crippen LogP contribution in [0.15, 0.2) is 36.4 Å². The second-order valence-corrected chi connectivity index (χ2v) is 5.08. The van der Waals surface area contributed by atoms with E-state index in [0.717, 1.165) is 0 Å². The molecule has 124 valence electrons. The molecule has 0 atom stereocenters. The van der Waals surface area contributed by atoms with Gasteiger partial charge in [0.15, 0.2) is 18.1 Å². The van der Waals surface area contributed by atoms with E-state index in [1.165, 1.54) is 37.4 Å². The number of halogens is 2. The van der Waals surface area contributed by atoms with Crippen LogP contribution in [-0.2, 0) is 11.3 Å². The first-order valence-corrected chi connectivity index (χ1v) is 7.28. The van der Waals surface area contributed by atoms with Crippen molar-refractivity contribution >= 4 is 17.6 Å². The standard InChI is InChI=1S/C18H14ClFO4/c1-3-8-23-18(21)12-5-7-16(22-2)17(9-12)24-11-13-4-6-14(20)10-15(13)19/h1,4-7,9-10H,8,11H2,2H3. The van der Waals surface area contributed by atoms with Crippen LogP contribution in [0.4, 0.5) is 4.39 Å². The molecule has 0 unspecified atom stereocenters. The second-order valence-electron chi connectivity index (χ2n) is 4.67. The van der Waals surface area contributed by atoms with Gasteiger partial charge in [0, 0.05) is 5.56 Å². The molecule has 0 saturated carbocycles. The smallest absolute Gasteiger partial charge is 0.339 e. The summed E-state index contributed by atoms with van der Waals surface area (Å²) >= 11 is 5.96. The summed E-state index contributed by atoms with van der Waals surface area (Å²) < 4.78 is 28.8. The monoisotopic (exact) mass is 348 g/mol. The van der Waals surface area contributed by atoms with Crippen molar-refractivity contribution in [2.24, 2.45) is 0 Å². The summed E-state index contributed by atoms with van der Waals surface area (Å²) in [7, 11) is 1.48. The SMILES string of the molecule is C#CCOC(=O)c1ccc(OC)c(OCc2ccc(F)cc2Cl)c1. The minimum absolute atomic E-state index is 0.0817. The van der Waals surface area contributed by atoms with Gasteiger partial charge in [-0.1, -0.05) is 23.6 Å². The van der Waals surface area contributed by atoms with Crippen LogP contribution in [0.3, 0.4) is 0 Å².